The van der Waals surface area contributed by atoms with E-state index in [0.29, 0.717) is 10.7 Å². The van der Waals surface area contributed by atoms with Gasteiger partial charge >= 0.3 is 0 Å². The first-order chi connectivity index (χ1) is 5.66. The van der Waals surface area contributed by atoms with Gasteiger partial charge in [0.05, 0.1) is 0 Å². The maximum absolute atomic E-state index is 5.77. The van der Waals surface area contributed by atoms with E-state index in [9.17, 15) is 0 Å². The van der Waals surface area contributed by atoms with Gasteiger partial charge in [-0.25, -0.2) is 0 Å². The molecule has 0 unspecified atom stereocenters. The van der Waals surface area contributed by atoms with Gasteiger partial charge in [-0.3, -0.25) is 0 Å². The van der Waals surface area contributed by atoms with E-state index in [0.717, 1.165) is 11.1 Å². The van der Waals surface area contributed by atoms with Crippen LogP contribution in [-0.2, 0) is 0 Å². The predicted octanol–water partition coefficient (Wildman–Crippen LogP) is 3.12. The number of benzene rings is 1. The molecule has 0 aliphatic carbocycles. The molecule has 0 heterocycles. The molecule has 1 aromatic carbocycles. The molecule has 1 rings (SSSR count). The number of hydrogen-bond acceptors (Lipinski definition) is 1. The predicted molar refractivity (Wildman–Crippen MR) is 55.8 cm³/mol. The Labute approximate surface area is 77.2 Å². The fourth-order valence-corrected chi connectivity index (χ4v) is 1.29. The molecular weight excluding hydrogens is 170 g/mol. The smallest absolute Gasteiger partial charge is 0.0433 e. The van der Waals surface area contributed by atoms with E-state index < -0.39 is 0 Å². The SMILES string of the molecule is C=Cc1cccc(N)c1C(=C)Cl. The van der Waals surface area contributed by atoms with Gasteiger partial charge in [0.25, 0.3) is 0 Å². The molecule has 62 valence electrons. The molecule has 0 amide bonds. The molecule has 0 aliphatic rings. The summed E-state index contributed by atoms with van der Waals surface area (Å²) in [5.74, 6) is 0. The Bertz CT molecular complexity index is 329. The lowest BCUT2D eigenvalue weighted by Gasteiger charge is -2.06. The first-order valence-corrected chi connectivity index (χ1v) is 3.90. The fraction of sp³-hybridized carbons (Fsp3) is 0. The van der Waals surface area contributed by atoms with E-state index in [2.05, 4.69) is 13.2 Å². The van der Waals surface area contributed by atoms with Crippen molar-refractivity contribution >= 4 is 28.4 Å². The minimum absolute atomic E-state index is 0.447. The summed E-state index contributed by atoms with van der Waals surface area (Å²) in [6.07, 6.45) is 1.71. The van der Waals surface area contributed by atoms with Crippen LogP contribution >= 0.6 is 11.6 Å². The van der Waals surface area contributed by atoms with Crippen molar-refractivity contribution in [2.45, 2.75) is 0 Å². The molecule has 2 heteroatoms. The Morgan fingerprint density at radius 3 is 2.58 bits per heavy atom. The maximum Gasteiger partial charge on any atom is 0.0433 e. The molecule has 0 atom stereocenters. The number of hydrogen-bond donors (Lipinski definition) is 1. The van der Waals surface area contributed by atoms with E-state index in [-0.39, 0.29) is 0 Å². The topological polar surface area (TPSA) is 26.0 Å². The van der Waals surface area contributed by atoms with Crippen LogP contribution in [0.25, 0.3) is 11.1 Å². The van der Waals surface area contributed by atoms with Crippen LogP contribution in [0.5, 0.6) is 0 Å². The number of nitrogens with two attached hydrogens (primary N) is 1. The molecule has 12 heavy (non-hydrogen) atoms. The molecule has 0 radical (unpaired) electrons. The van der Waals surface area contributed by atoms with Crippen LogP contribution in [0.4, 0.5) is 5.69 Å². The second kappa shape index (κ2) is 3.46. The number of nitrogen functional groups attached to an aromatic ring is 1. The zero-order valence-corrected chi connectivity index (χ0v) is 7.43. The first kappa shape index (κ1) is 8.88. The lowest BCUT2D eigenvalue weighted by molar-refractivity contribution is 1.60. The van der Waals surface area contributed by atoms with Crippen molar-refractivity contribution in [2.24, 2.45) is 0 Å². The number of rotatable bonds is 2. The summed E-state index contributed by atoms with van der Waals surface area (Å²) in [4.78, 5) is 0. The normalized spacial score (nSPS) is 9.42. The van der Waals surface area contributed by atoms with E-state index in [1.807, 2.05) is 12.1 Å². The highest BCUT2D eigenvalue weighted by Crippen LogP contribution is 2.27. The van der Waals surface area contributed by atoms with Gasteiger partial charge in [-0.1, -0.05) is 43.0 Å². The highest BCUT2D eigenvalue weighted by Gasteiger charge is 2.04. The summed E-state index contributed by atoms with van der Waals surface area (Å²) in [7, 11) is 0. The zero-order chi connectivity index (χ0) is 9.14. The average molecular weight is 180 g/mol. The Hall–Kier alpha value is -1.21. The van der Waals surface area contributed by atoms with E-state index in [1.165, 1.54) is 0 Å². The Balaban J connectivity index is 3.39. The lowest BCUT2D eigenvalue weighted by Crippen LogP contribution is -1.93. The van der Waals surface area contributed by atoms with Gasteiger partial charge in [-0.2, -0.15) is 0 Å². The molecule has 1 aromatic rings. The molecule has 0 saturated heterocycles. The highest BCUT2D eigenvalue weighted by molar-refractivity contribution is 6.49. The van der Waals surface area contributed by atoms with Crippen molar-refractivity contribution < 1.29 is 0 Å². The van der Waals surface area contributed by atoms with Gasteiger partial charge in [0, 0.05) is 16.3 Å². The Kier molecular flexibility index (Phi) is 2.56. The lowest BCUT2D eigenvalue weighted by atomic mass is 10.1. The molecule has 0 aliphatic heterocycles. The number of halogens is 1. The zero-order valence-electron chi connectivity index (χ0n) is 6.68. The highest BCUT2D eigenvalue weighted by atomic mass is 35.5. The van der Waals surface area contributed by atoms with Crippen molar-refractivity contribution in [3.05, 3.63) is 42.5 Å². The van der Waals surface area contributed by atoms with Crippen molar-refractivity contribution in [1.82, 2.24) is 0 Å². The Morgan fingerprint density at radius 2 is 2.17 bits per heavy atom. The molecule has 0 fully saturated rings. The second-order valence-corrected chi connectivity index (χ2v) is 2.88. The second-order valence-electron chi connectivity index (χ2n) is 2.42. The van der Waals surface area contributed by atoms with Crippen LogP contribution in [0.1, 0.15) is 11.1 Å². The van der Waals surface area contributed by atoms with Crippen molar-refractivity contribution in [3.8, 4) is 0 Å². The summed E-state index contributed by atoms with van der Waals surface area (Å²) in [6, 6.07) is 5.54. The first-order valence-electron chi connectivity index (χ1n) is 3.52. The van der Waals surface area contributed by atoms with Gasteiger partial charge < -0.3 is 5.73 Å². The van der Waals surface area contributed by atoms with Gasteiger partial charge in [-0.05, 0) is 11.6 Å². The fourth-order valence-electron chi connectivity index (χ4n) is 1.07. The van der Waals surface area contributed by atoms with Crippen LogP contribution in [-0.4, -0.2) is 0 Å². The van der Waals surface area contributed by atoms with Crippen LogP contribution in [0.3, 0.4) is 0 Å². The third-order valence-electron chi connectivity index (χ3n) is 1.62. The molecule has 0 bridgehead atoms. The monoisotopic (exact) mass is 179 g/mol. The summed E-state index contributed by atoms with van der Waals surface area (Å²) in [5.41, 5.74) is 8.02. The van der Waals surface area contributed by atoms with Crippen molar-refractivity contribution in [3.63, 3.8) is 0 Å². The van der Waals surface area contributed by atoms with E-state index in [1.54, 1.807) is 12.1 Å². The summed E-state index contributed by atoms with van der Waals surface area (Å²) >= 11 is 5.77. The van der Waals surface area contributed by atoms with Gasteiger partial charge in [0.2, 0.25) is 0 Å². The standard InChI is InChI=1S/C10H10ClN/c1-3-8-5-4-6-9(12)10(8)7(2)11/h3-6H,1-2,12H2. The van der Waals surface area contributed by atoms with Crippen LogP contribution in [0, 0.1) is 0 Å². The third-order valence-corrected chi connectivity index (χ3v) is 1.81. The van der Waals surface area contributed by atoms with Crippen LogP contribution in [0.2, 0.25) is 0 Å². The maximum atomic E-state index is 5.77. The molecule has 1 nitrogen and oxygen atoms in total. The molecular formula is C10H10ClN. The molecule has 2 N–H and O–H groups in total. The summed E-state index contributed by atoms with van der Waals surface area (Å²) in [5, 5.41) is 0.447. The summed E-state index contributed by atoms with van der Waals surface area (Å²) in [6.45, 7) is 7.29. The van der Waals surface area contributed by atoms with E-state index >= 15 is 0 Å². The van der Waals surface area contributed by atoms with Gasteiger partial charge in [-0.15, -0.1) is 0 Å². The summed E-state index contributed by atoms with van der Waals surface area (Å²) < 4.78 is 0. The molecule has 0 spiro atoms. The van der Waals surface area contributed by atoms with Gasteiger partial charge in [0.15, 0.2) is 0 Å². The van der Waals surface area contributed by atoms with Crippen LogP contribution in [0.15, 0.2) is 31.4 Å². The van der Waals surface area contributed by atoms with Crippen molar-refractivity contribution in [2.75, 3.05) is 5.73 Å². The van der Waals surface area contributed by atoms with E-state index in [4.69, 9.17) is 17.3 Å². The third kappa shape index (κ3) is 1.51. The number of anilines is 1. The quantitative estimate of drug-likeness (QED) is 0.694. The van der Waals surface area contributed by atoms with Crippen molar-refractivity contribution in [1.29, 1.82) is 0 Å². The van der Waals surface area contributed by atoms with Gasteiger partial charge in [0.1, 0.15) is 0 Å². The largest absolute Gasteiger partial charge is 0.398 e. The minimum Gasteiger partial charge on any atom is -0.398 e. The molecule has 0 aromatic heterocycles. The van der Waals surface area contributed by atoms with Crippen LogP contribution < -0.4 is 5.73 Å². The average Bonchev–Trinajstić information content (AvgIpc) is 2.03. The Morgan fingerprint density at radius 1 is 1.50 bits per heavy atom. The molecule has 0 saturated carbocycles. The minimum atomic E-state index is 0.447.